The lowest BCUT2D eigenvalue weighted by Crippen LogP contribution is -2.37. The summed E-state index contributed by atoms with van der Waals surface area (Å²) >= 11 is 0. The van der Waals surface area contributed by atoms with E-state index < -0.39 is 16.1 Å². The van der Waals surface area contributed by atoms with E-state index >= 15 is 0 Å². The van der Waals surface area contributed by atoms with Crippen LogP contribution in [0.3, 0.4) is 0 Å². The molecular weight excluding hydrogens is 284 g/mol. The van der Waals surface area contributed by atoms with Crippen LogP contribution in [0.1, 0.15) is 11.1 Å². The molecule has 21 heavy (non-hydrogen) atoms. The summed E-state index contributed by atoms with van der Waals surface area (Å²) in [4.78, 5) is 0. The van der Waals surface area contributed by atoms with Gasteiger partial charge in [-0.15, -0.1) is 0 Å². The molecular formula is C19H25Si2. The Kier molecular flexibility index (Phi) is 3.30. The van der Waals surface area contributed by atoms with Crippen LogP contribution in [0.25, 0.3) is 11.1 Å². The third-order valence-corrected chi connectivity index (χ3v) is 8.52. The molecule has 0 bridgehead atoms. The van der Waals surface area contributed by atoms with Crippen LogP contribution in [0.15, 0.2) is 36.4 Å². The smallest absolute Gasteiger partial charge is 0.0656 e. The highest BCUT2D eigenvalue weighted by Crippen LogP contribution is 2.37. The topological polar surface area (TPSA) is 0 Å². The number of hydrogen-bond donors (Lipinski definition) is 0. The molecule has 1 radical (unpaired) electrons. The first-order valence-corrected chi connectivity index (χ1v) is 14.8. The molecule has 0 fully saturated rings. The molecule has 0 unspecified atom stereocenters. The molecule has 1 aliphatic rings. The van der Waals surface area contributed by atoms with Crippen LogP contribution < -0.4 is 10.4 Å². The van der Waals surface area contributed by atoms with Crippen molar-refractivity contribution in [3.05, 3.63) is 53.9 Å². The van der Waals surface area contributed by atoms with Crippen molar-refractivity contribution < 1.29 is 0 Å². The van der Waals surface area contributed by atoms with E-state index in [1.54, 1.807) is 10.4 Å². The van der Waals surface area contributed by atoms with Crippen molar-refractivity contribution in [3.63, 3.8) is 0 Å². The SMILES string of the molecule is C[Si](C)(C)c1ccc2c(c1)[CH]c1cc([Si](C)(C)C)ccc1-2. The van der Waals surface area contributed by atoms with Crippen molar-refractivity contribution in [2.24, 2.45) is 0 Å². The highest BCUT2D eigenvalue weighted by Gasteiger charge is 2.25. The average Bonchev–Trinajstić information content (AvgIpc) is 2.73. The van der Waals surface area contributed by atoms with Crippen LogP contribution in [-0.2, 0) is 0 Å². The monoisotopic (exact) mass is 309 g/mol. The molecule has 109 valence electrons. The lowest BCUT2D eigenvalue weighted by Gasteiger charge is -2.18. The van der Waals surface area contributed by atoms with Crippen LogP contribution in [0.2, 0.25) is 39.3 Å². The summed E-state index contributed by atoms with van der Waals surface area (Å²) < 4.78 is 0. The molecule has 0 heterocycles. The van der Waals surface area contributed by atoms with Crippen LogP contribution in [-0.4, -0.2) is 16.1 Å². The molecule has 0 atom stereocenters. The maximum absolute atomic E-state index is 2.43. The van der Waals surface area contributed by atoms with E-state index in [9.17, 15) is 0 Å². The molecule has 0 aromatic heterocycles. The Hall–Kier alpha value is -1.13. The first-order chi connectivity index (χ1) is 9.66. The standard InChI is InChI=1S/C19H25Si2/c1-20(2,3)16-7-9-18-14(12-16)11-15-13-17(21(4,5)6)8-10-19(15)18/h7-13H,1-6H3. The summed E-state index contributed by atoms with van der Waals surface area (Å²) in [5, 5.41) is 3.10. The summed E-state index contributed by atoms with van der Waals surface area (Å²) in [6, 6.07) is 14.2. The van der Waals surface area contributed by atoms with Gasteiger partial charge in [0.1, 0.15) is 0 Å². The minimum Gasteiger partial charge on any atom is -0.0656 e. The molecule has 1 aliphatic carbocycles. The zero-order valence-corrected chi connectivity index (χ0v) is 16.0. The third kappa shape index (κ3) is 2.67. The summed E-state index contributed by atoms with van der Waals surface area (Å²) in [5.74, 6) is 0. The Morgan fingerprint density at radius 2 is 0.952 bits per heavy atom. The zero-order valence-electron chi connectivity index (χ0n) is 14.0. The van der Waals surface area contributed by atoms with Gasteiger partial charge in [-0.2, -0.15) is 0 Å². The van der Waals surface area contributed by atoms with Gasteiger partial charge in [0, 0.05) is 6.42 Å². The fraction of sp³-hybridized carbons (Fsp3) is 0.316. The van der Waals surface area contributed by atoms with Crippen molar-refractivity contribution in [1.82, 2.24) is 0 Å². The van der Waals surface area contributed by atoms with Crippen LogP contribution >= 0.6 is 0 Å². The quantitative estimate of drug-likeness (QED) is 0.617. The van der Waals surface area contributed by atoms with E-state index in [4.69, 9.17) is 0 Å². The van der Waals surface area contributed by atoms with E-state index in [2.05, 4.69) is 82.1 Å². The van der Waals surface area contributed by atoms with Gasteiger partial charge < -0.3 is 0 Å². The van der Waals surface area contributed by atoms with E-state index in [1.165, 1.54) is 22.3 Å². The molecule has 2 aromatic rings. The number of rotatable bonds is 2. The van der Waals surface area contributed by atoms with Crippen LogP contribution in [0.5, 0.6) is 0 Å². The fourth-order valence-corrected chi connectivity index (χ4v) is 5.30. The highest BCUT2D eigenvalue weighted by molar-refractivity contribution is 6.89. The van der Waals surface area contributed by atoms with Gasteiger partial charge in [-0.1, -0.05) is 86.1 Å². The van der Waals surface area contributed by atoms with E-state index in [1.807, 2.05) is 0 Å². The second-order valence-corrected chi connectivity index (χ2v) is 18.4. The molecule has 2 heteroatoms. The average molecular weight is 310 g/mol. The highest BCUT2D eigenvalue weighted by atomic mass is 28.3. The Labute approximate surface area is 131 Å². The van der Waals surface area contributed by atoms with Crippen LogP contribution in [0, 0.1) is 6.42 Å². The van der Waals surface area contributed by atoms with Crippen molar-refractivity contribution in [1.29, 1.82) is 0 Å². The molecule has 0 amide bonds. The molecule has 2 aromatic carbocycles. The molecule has 0 aliphatic heterocycles. The number of benzene rings is 2. The summed E-state index contributed by atoms with van der Waals surface area (Å²) in [6.07, 6.45) is 2.39. The second-order valence-electron chi connectivity index (χ2n) is 8.25. The molecule has 0 saturated heterocycles. The number of fused-ring (bicyclic) bond motifs is 3. The summed E-state index contributed by atoms with van der Waals surface area (Å²) in [5.41, 5.74) is 5.65. The van der Waals surface area contributed by atoms with Gasteiger partial charge in [0.15, 0.2) is 0 Å². The first-order valence-electron chi connectivity index (χ1n) is 7.80. The van der Waals surface area contributed by atoms with E-state index in [-0.39, 0.29) is 0 Å². The van der Waals surface area contributed by atoms with Gasteiger partial charge in [-0.05, 0) is 22.3 Å². The van der Waals surface area contributed by atoms with Crippen molar-refractivity contribution in [2.75, 3.05) is 0 Å². The summed E-state index contributed by atoms with van der Waals surface area (Å²) in [7, 11) is -2.47. The Morgan fingerprint density at radius 3 is 1.29 bits per heavy atom. The summed E-state index contributed by atoms with van der Waals surface area (Å²) in [6.45, 7) is 14.5. The zero-order chi connectivity index (χ0) is 15.4. The van der Waals surface area contributed by atoms with E-state index in [0.29, 0.717) is 0 Å². The maximum Gasteiger partial charge on any atom is 0.0776 e. The van der Waals surface area contributed by atoms with Crippen molar-refractivity contribution in [2.45, 2.75) is 39.3 Å². The van der Waals surface area contributed by atoms with Gasteiger partial charge in [0.05, 0.1) is 16.1 Å². The lowest BCUT2D eigenvalue weighted by atomic mass is 10.1. The number of hydrogen-bond acceptors (Lipinski definition) is 0. The maximum atomic E-state index is 2.43. The van der Waals surface area contributed by atoms with Crippen molar-refractivity contribution in [3.8, 4) is 11.1 Å². The Morgan fingerprint density at radius 1 is 0.571 bits per heavy atom. The predicted octanol–water partition coefficient (Wildman–Crippen LogP) is 4.36. The van der Waals surface area contributed by atoms with Gasteiger partial charge in [0.2, 0.25) is 0 Å². The molecule has 3 rings (SSSR count). The molecule has 0 nitrogen and oxygen atoms in total. The van der Waals surface area contributed by atoms with Gasteiger partial charge in [-0.25, -0.2) is 0 Å². The fourth-order valence-electron chi connectivity index (χ4n) is 2.96. The largest absolute Gasteiger partial charge is 0.0776 e. The Bertz CT molecular complexity index is 639. The van der Waals surface area contributed by atoms with E-state index in [0.717, 1.165) is 0 Å². The molecule has 0 spiro atoms. The van der Waals surface area contributed by atoms with Crippen LogP contribution in [0.4, 0.5) is 0 Å². The minimum atomic E-state index is -1.23. The Balaban J connectivity index is 2.06. The lowest BCUT2D eigenvalue weighted by molar-refractivity contribution is 1.55. The second kappa shape index (κ2) is 4.69. The van der Waals surface area contributed by atoms with Gasteiger partial charge in [-0.3, -0.25) is 0 Å². The normalized spacial score (nSPS) is 14.0. The van der Waals surface area contributed by atoms with Gasteiger partial charge in [0.25, 0.3) is 0 Å². The minimum absolute atomic E-state index is 1.23. The predicted molar refractivity (Wildman–Crippen MR) is 100 cm³/mol. The van der Waals surface area contributed by atoms with Gasteiger partial charge >= 0.3 is 0 Å². The molecule has 0 N–H and O–H groups in total. The third-order valence-electron chi connectivity index (χ3n) is 4.44. The van der Waals surface area contributed by atoms with Crippen molar-refractivity contribution >= 4 is 26.5 Å². The first kappa shape index (κ1) is 14.8. The molecule has 0 saturated carbocycles.